The zero-order valence-electron chi connectivity index (χ0n) is 10.5. The highest BCUT2D eigenvalue weighted by atomic mass is 35.5. The quantitative estimate of drug-likeness (QED) is 0.672. The van der Waals surface area contributed by atoms with Crippen LogP contribution < -0.4 is 5.32 Å². The molecular weight excluding hydrogens is 250 g/mol. The van der Waals surface area contributed by atoms with Crippen molar-refractivity contribution in [2.24, 2.45) is 0 Å². The summed E-state index contributed by atoms with van der Waals surface area (Å²) in [5.41, 5.74) is 1.82. The molecule has 2 atom stereocenters. The first kappa shape index (κ1) is 13.4. The molecule has 98 valence electrons. The lowest BCUT2D eigenvalue weighted by molar-refractivity contribution is 0.0600. The second-order valence-corrected chi connectivity index (χ2v) is 5.15. The van der Waals surface area contributed by atoms with E-state index >= 15 is 0 Å². The average molecular weight is 268 g/mol. The number of alkyl halides is 1. The van der Waals surface area contributed by atoms with Crippen LogP contribution in [0.5, 0.6) is 0 Å². The van der Waals surface area contributed by atoms with Gasteiger partial charge in [0.05, 0.1) is 18.1 Å². The summed E-state index contributed by atoms with van der Waals surface area (Å²) in [5, 5.41) is 3.66. The van der Waals surface area contributed by atoms with Crippen LogP contribution in [0.4, 0.5) is 0 Å². The third-order valence-corrected chi connectivity index (χ3v) is 3.90. The molecule has 0 aromatic heterocycles. The first-order valence-electron chi connectivity index (χ1n) is 6.25. The molecule has 1 fully saturated rings. The molecule has 1 aliphatic heterocycles. The van der Waals surface area contributed by atoms with E-state index in [9.17, 15) is 4.79 Å². The molecule has 0 bridgehead atoms. The van der Waals surface area contributed by atoms with Gasteiger partial charge < -0.3 is 10.1 Å². The van der Waals surface area contributed by atoms with E-state index < -0.39 is 0 Å². The van der Waals surface area contributed by atoms with Gasteiger partial charge in [-0.25, -0.2) is 4.79 Å². The summed E-state index contributed by atoms with van der Waals surface area (Å²) < 4.78 is 4.67. The number of carbonyl (C=O) groups is 1. The van der Waals surface area contributed by atoms with Gasteiger partial charge in [0.15, 0.2) is 0 Å². The Morgan fingerprint density at radius 3 is 2.72 bits per heavy atom. The smallest absolute Gasteiger partial charge is 0.337 e. The summed E-state index contributed by atoms with van der Waals surface area (Å²) in [6, 6.07) is 7.98. The van der Waals surface area contributed by atoms with Gasteiger partial charge >= 0.3 is 5.97 Å². The van der Waals surface area contributed by atoms with Crippen molar-refractivity contribution in [2.75, 3.05) is 13.7 Å². The van der Waals surface area contributed by atoms with Crippen molar-refractivity contribution >= 4 is 17.6 Å². The normalized spacial score (nSPS) is 23.0. The standard InChI is InChI=1S/C14H18ClNO2/c1-18-14(17)11-5-2-10(3-6-11)4-7-13-12(15)8-9-16-13/h2-3,5-6,12-13,16H,4,7-9H2,1H3/t12-,13+/m1/s1. The number of benzene rings is 1. The van der Waals surface area contributed by atoms with E-state index in [4.69, 9.17) is 11.6 Å². The summed E-state index contributed by atoms with van der Waals surface area (Å²) in [7, 11) is 1.39. The Balaban J connectivity index is 1.88. The minimum absolute atomic E-state index is 0.249. The Kier molecular flexibility index (Phi) is 4.61. The molecule has 1 aromatic rings. The molecule has 1 aromatic carbocycles. The van der Waals surface area contributed by atoms with E-state index in [0.717, 1.165) is 25.8 Å². The third kappa shape index (κ3) is 3.24. The van der Waals surface area contributed by atoms with Crippen LogP contribution in [0.15, 0.2) is 24.3 Å². The Labute approximate surface area is 112 Å². The summed E-state index contributed by atoms with van der Waals surface area (Å²) >= 11 is 6.21. The number of carbonyl (C=O) groups excluding carboxylic acids is 1. The monoisotopic (exact) mass is 267 g/mol. The van der Waals surface area contributed by atoms with Crippen molar-refractivity contribution in [3.8, 4) is 0 Å². The Hall–Kier alpha value is -1.06. The molecule has 1 saturated heterocycles. The number of halogens is 1. The molecular formula is C14H18ClNO2. The van der Waals surface area contributed by atoms with Crippen LogP contribution in [0.3, 0.4) is 0 Å². The molecule has 1 N–H and O–H groups in total. The molecule has 0 amide bonds. The number of methoxy groups -OCH3 is 1. The van der Waals surface area contributed by atoms with Gasteiger partial charge in [-0.3, -0.25) is 0 Å². The highest BCUT2D eigenvalue weighted by molar-refractivity contribution is 6.21. The first-order valence-corrected chi connectivity index (χ1v) is 6.69. The average Bonchev–Trinajstić information content (AvgIpc) is 2.81. The zero-order valence-corrected chi connectivity index (χ0v) is 11.2. The minimum atomic E-state index is -0.292. The van der Waals surface area contributed by atoms with E-state index in [1.54, 1.807) is 12.1 Å². The van der Waals surface area contributed by atoms with Gasteiger partial charge in [-0.15, -0.1) is 11.6 Å². The number of hydrogen-bond donors (Lipinski definition) is 1. The molecule has 18 heavy (non-hydrogen) atoms. The van der Waals surface area contributed by atoms with Gasteiger partial charge in [-0.05, 0) is 43.5 Å². The highest BCUT2D eigenvalue weighted by Gasteiger charge is 2.23. The molecule has 1 aliphatic rings. The van der Waals surface area contributed by atoms with Crippen LogP contribution >= 0.6 is 11.6 Å². The van der Waals surface area contributed by atoms with Gasteiger partial charge in [-0.2, -0.15) is 0 Å². The molecule has 0 unspecified atom stereocenters. The fourth-order valence-electron chi connectivity index (χ4n) is 2.27. The largest absolute Gasteiger partial charge is 0.465 e. The second-order valence-electron chi connectivity index (χ2n) is 4.59. The van der Waals surface area contributed by atoms with Gasteiger partial charge in [0.1, 0.15) is 0 Å². The van der Waals surface area contributed by atoms with Gasteiger partial charge in [0.25, 0.3) is 0 Å². The number of esters is 1. The molecule has 3 nitrogen and oxygen atoms in total. The van der Waals surface area contributed by atoms with Crippen molar-refractivity contribution in [3.63, 3.8) is 0 Å². The second kappa shape index (κ2) is 6.21. The van der Waals surface area contributed by atoms with Gasteiger partial charge in [0, 0.05) is 6.04 Å². The van der Waals surface area contributed by atoms with Crippen molar-refractivity contribution in [2.45, 2.75) is 30.7 Å². The summed E-state index contributed by atoms with van der Waals surface area (Å²) in [6.45, 7) is 1.01. The predicted octanol–water partition coefficient (Wildman–Crippen LogP) is 2.38. The van der Waals surface area contributed by atoms with Crippen LogP contribution in [-0.2, 0) is 11.2 Å². The van der Waals surface area contributed by atoms with Crippen molar-refractivity contribution in [1.82, 2.24) is 5.32 Å². The Bertz CT molecular complexity index is 405. The number of aryl methyl sites for hydroxylation is 1. The zero-order chi connectivity index (χ0) is 13.0. The molecule has 0 spiro atoms. The van der Waals surface area contributed by atoms with E-state index in [-0.39, 0.29) is 11.3 Å². The molecule has 2 rings (SSSR count). The highest BCUT2D eigenvalue weighted by Crippen LogP contribution is 2.18. The third-order valence-electron chi connectivity index (χ3n) is 3.38. The Morgan fingerprint density at radius 2 is 2.17 bits per heavy atom. The fourth-order valence-corrected chi connectivity index (χ4v) is 2.59. The van der Waals surface area contributed by atoms with Crippen LogP contribution in [-0.4, -0.2) is 31.0 Å². The van der Waals surface area contributed by atoms with Gasteiger partial charge in [0.2, 0.25) is 0 Å². The van der Waals surface area contributed by atoms with E-state index in [1.807, 2.05) is 12.1 Å². The fraction of sp³-hybridized carbons (Fsp3) is 0.500. The minimum Gasteiger partial charge on any atom is -0.465 e. The molecule has 0 radical (unpaired) electrons. The van der Waals surface area contributed by atoms with Crippen molar-refractivity contribution in [1.29, 1.82) is 0 Å². The van der Waals surface area contributed by atoms with E-state index in [1.165, 1.54) is 12.7 Å². The number of ether oxygens (including phenoxy) is 1. The molecule has 4 heteroatoms. The lowest BCUT2D eigenvalue weighted by Gasteiger charge is -2.13. The lowest BCUT2D eigenvalue weighted by Crippen LogP contribution is -2.27. The summed E-state index contributed by atoms with van der Waals surface area (Å²) in [4.78, 5) is 11.3. The van der Waals surface area contributed by atoms with E-state index in [2.05, 4.69) is 10.1 Å². The maximum atomic E-state index is 11.3. The summed E-state index contributed by atoms with van der Waals surface area (Å²) in [6.07, 6.45) is 3.06. The van der Waals surface area contributed by atoms with Crippen molar-refractivity contribution in [3.05, 3.63) is 35.4 Å². The molecule has 1 heterocycles. The lowest BCUT2D eigenvalue weighted by atomic mass is 10.0. The molecule has 0 saturated carbocycles. The van der Waals surface area contributed by atoms with Crippen LogP contribution in [0.2, 0.25) is 0 Å². The number of nitrogens with one attached hydrogen (secondary N) is 1. The number of hydrogen-bond acceptors (Lipinski definition) is 3. The predicted molar refractivity (Wildman–Crippen MR) is 72.2 cm³/mol. The topological polar surface area (TPSA) is 38.3 Å². The van der Waals surface area contributed by atoms with E-state index in [0.29, 0.717) is 11.6 Å². The van der Waals surface area contributed by atoms with Crippen LogP contribution in [0.1, 0.15) is 28.8 Å². The maximum absolute atomic E-state index is 11.3. The first-order chi connectivity index (χ1) is 8.70. The number of rotatable bonds is 4. The van der Waals surface area contributed by atoms with Crippen LogP contribution in [0.25, 0.3) is 0 Å². The van der Waals surface area contributed by atoms with Crippen molar-refractivity contribution < 1.29 is 9.53 Å². The maximum Gasteiger partial charge on any atom is 0.337 e. The SMILES string of the molecule is COC(=O)c1ccc(CC[C@@H]2NCC[C@H]2Cl)cc1. The van der Waals surface area contributed by atoms with Crippen LogP contribution in [0, 0.1) is 0 Å². The molecule has 0 aliphatic carbocycles. The summed E-state index contributed by atoms with van der Waals surface area (Å²) in [5.74, 6) is -0.292. The Morgan fingerprint density at radius 1 is 1.44 bits per heavy atom. The van der Waals surface area contributed by atoms with Gasteiger partial charge in [-0.1, -0.05) is 12.1 Å².